The standard InChI is InChI=1S/C23H19Cl2N5O/c24-18-8-6-17(7-9-18)23(16-4-2-1-3-5-16)27-13-22(31)29-20-12-19(25)10-11-21(20)30-15-26-14-28-30/h1-12,14-15,23,27H,13H2,(H,29,31). The highest BCUT2D eigenvalue weighted by Crippen LogP contribution is 2.25. The Morgan fingerprint density at radius 2 is 1.65 bits per heavy atom. The topological polar surface area (TPSA) is 71.8 Å². The summed E-state index contributed by atoms with van der Waals surface area (Å²) in [5.41, 5.74) is 3.28. The van der Waals surface area contributed by atoms with Gasteiger partial charge in [0, 0.05) is 10.0 Å². The molecule has 4 rings (SSSR count). The summed E-state index contributed by atoms with van der Waals surface area (Å²) < 4.78 is 1.57. The minimum atomic E-state index is -0.210. The van der Waals surface area contributed by atoms with E-state index in [4.69, 9.17) is 23.2 Å². The van der Waals surface area contributed by atoms with Gasteiger partial charge in [-0.25, -0.2) is 9.67 Å². The number of halogens is 2. The van der Waals surface area contributed by atoms with Crippen molar-refractivity contribution < 1.29 is 4.79 Å². The average Bonchev–Trinajstić information content (AvgIpc) is 3.31. The van der Waals surface area contributed by atoms with Gasteiger partial charge in [0.05, 0.1) is 24.0 Å². The first-order valence-electron chi connectivity index (χ1n) is 9.58. The number of hydrogen-bond acceptors (Lipinski definition) is 4. The average molecular weight is 452 g/mol. The number of nitrogens with one attached hydrogen (secondary N) is 2. The van der Waals surface area contributed by atoms with Crippen LogP contribution in [0.25, 0.3) is 5.69 Å². The highest BCUT2D eigenvalue weighted by Gasteiger charge is 2.16. The maximum absolute atomic E-state index is 12.8. The fourth-order valence-corrected chi connectivity index (χ4v) is 3.56. The number of nitrogens with zero attached hydrogens (tertiary/aromatic N) is 3. The first-order valence-corrected chi connectivity index (χ1v) is 10.3. The first kappa shape index (κ1) is 21.1. The van der Waals surface area contributed by atoms with E-state index in [1.54, 1.807) is 29.2 Å². The second-order valence-electron chi connectivity index (χ2n) is 6.83. The predicted octanol–water partition coefficient (Wildman–Crippen LogP) is 4.89. The summed E-state index contributed by atoms with van der Waals surface area (Å²) in [6.45, 7) is 0.0888. The van der Waals surface area contributed by atoms with Crippen molar-refractivity contribution in [3.05, 3.63) is 107 Å². The Hall–Kier alpha value is -3.19. The van der Waals surface area contributed by atoms with E-state index in [1.807, 2.05) is 54.6 Å². The summed E-state index contributed by atoms with van der Waals surface area (Å²) >= 11 is 12.2. The Balaban J connectivity index is 1.51. The van der Waals surface area contributed by atoms with Gasteiger partial charge in [-0.2, -0.15) is 5.10 Å². The SMILES string of the molecule is O=C(CNC(c1ccccc1)c1ccc(Cl)cc1)Nc1cc(Cl)ccc1-n1cncn1. The van der Waals surface area contributed by atoms with Crippen LogP contribution in [0, 0.1) is 0 Å². The molecule has 1 unspecified atom stereocenters. The van der Waals surface area contributed by atoms with E-state index >= 15 is 0 Å². The zero-order chi connectivity index (χ0) is 21.6. The Morgan fingerprint density at radius 3 is 2.35 bits per heavy atom. The smallest absolute Gasteiger partial charge is 0.238 e. The van der Waals surface area contributed by atoms with E-state index in [2.05, 4.69) is 20.7 Å². The molecule has 0 saturated heterocycles. The summed E-state index contributed by atoms with van der Waals surface area (Å²) in [4.78, 5) is 16.7. The van der Waals surface area contributed by atoms with E-state index in [1.165, 1.54) is 6.33 Å². The summed E-state index contributed by atoms with van der Waals surface area (Å²) in [6, 6.07) is 22.5. The molecule has 156 valence electrons. The second-order valence-corrected chi connectivity index (χ2v) is 7.70. The number of amides is 1. The van der Waals surface area contributed by atoms with Gasteiger partial charge in [0.2, 0.25) is 5.91 Å². The molecule has 31 heavy (non-hydrogen) atoms. The van der Waals surface area contributed by atoms with Gasteiger partial charge in [0.25, 0.3) is 0 Å². The molecule has 2 N–H and O–H groups in total. The molecule has 0 bridgehead atoms. The molecule has 1 aromatic heterocycles. The molecular weight excluding hydrogens is 433 g/mol. The molecule has 0 fully saturated rings. The van der Waals surface area contributed by atoms with Crippen LogP contribution in [0.1, 0.15) is 17.2 Å². The predicted molar refractivity (Wildman–Crippen MR) is 123 cm³/mol. The summed E-state index contributed by atoms with van der Waals surface area (Å²) in [5, 5.41) is 11.6. The van der Waals surface area contributed by atoms with Crippen molar-refractivity contribution in [2.45, 2.75) is 6.04 Å². The van der Waals surface area contributed by atoms with E-state index in [0.29, 0.717) is 21.4 Å². The van der Waals surface area contributed by atoms with Crippen LogP contribution >= 0.6 is 23.2 Å². The second kappa shape index (κ2) is 9.75. The zero-order valence-electron chi connectivity index (χ0n) is 16.4. The molecule has 1 amide bonds. The lowest BCUT2D eigenvalue weighted by Gasteiger charge is -2.20. The third kappa shape index (κ3) is 5.30. The van der Waals surface area contributed by atoms with Crippen molar-refractivity contribution in [2.24, 2.45) is 0 Å². The van der Waals surface area contributed by atoms with E-state index in [-0.39, 0.29) is 18.5 Å². The number of benzene rings is 3. The quantitative estimate of drug-likeness (QED) is 0.419. The van der Waals surface area contributed by atoms with Gasteiger partial charge in [0.1, 0.15) is 12.7 Å². The fraction of sp³-hybridized carbons (Fsp3) is 0.0870. The summed E-state index contributed by atoms with van der Waals surface area (Å²) in [5.74, 6) is -0.210. The third-order valence-electron chi connectivity index (χ3n) is 4.70. The van der Waals surface area contributed by atoms with Crippen molar-refractivity contribution in [2.75, 3.05) is 11.9 Å². The van der Waals surface area contributed by atoms with Crippen LogP contribution in [0.4, 0.5) is 5.69 Å². The maximum atomic E-state index is 12.8. The molecular formula is C23H19Cl2N5O. The van der Waals surface area contributed by atoms with Gasteiger partial charge in [-0.15, -0.1) is 0 Å². The van der Waals surface area contributed by atoms with Crippen molar-refractivity contribution in [3.63, 3.8) is 0 Å². The van der Waals surface area contributed by atoms with Gasteiger partial charge < -0.3 is 5.32 Å². The van der Waals surface area contributed by atoms with E-state index < -0.39 is 0 Å². The van der Waals surface area contributed by atoms with E-state index in [9.17, 15) is 4.79 Å². The van der Waals surface area contributed by atoms with Crippen molar-refractivity contribution in [3.8, 4) is 5.69 Å². The first-order chi connectivity index (χ1) is 15.1. The molecule has 1 heterocycles. The van der Waals surface area contributed by atoms with Gasteiger partial charge in [0.15, 0.2) is 0 Å². The Labute approximate surface area is 189 Å². The monoisotopic (exact) mass is 451 g/mol. The normalized spacial score (nSPS) is 11.8. The van der Waals surface area contributed by atoms with Gasteiger partial charge in [-0.1, -0.05) is 65.7 Å². The minimum absolute atomic E-state index is 0.0888. The molecule has 8 heteroatoms. The van der Waals surface area contributed by atoms with Crippen LogP contribution in [-0.4, -0.2) is 27.2 Å². The molecule has 0 radical (unpaired) electrons. The largest absolute Gasteiger partial charge is 0.323 e. The van der Waals surface area contributed by atoms with Crippen LogP contribution in [0.2, 0.25) is 10.0 Å². The molecule has 0 saturated carbocycles. The third-order valence-corrected chi connectivity index (χ3v) is 5.19. The molecule has 4 aromatic rings. The number of rotatable bonds is 7. The fourth-order valence-electron chi connectivity index (χ4n) is 3.26. The number of anilines is 1. The van der Waals surface area contributed by atoms with Gasteiger partial charge >= 0.3 is 0 Å². The Bertz CT molecular complexity index is 1150. The van der Waals surface area contributed by atoms with Crippen LogP contribution in [0.5, 0.6) is 0 Å². The van der Waals surface area contributed by atoms with Crippen LogP contribution in [-0.2, 0) is 4.79 Å². The highest BCUT2D eigenvalue weighted by atomic mass is 35.5. The minimum Gasteiger partial charge on any atom is -0.323 e. The molecule has 0 aliphatic rings. The number of carbonyl (C=O) groups is 1. The Morgan fingerprint density at radius 1 is 0.935 bits per heavy atom. The van der Waals surface area contributed by atoms with E-state index in [0.717, 1.165) is 11.1 Å². The van der Waals surface area contributed by atoms with Gasteiger partial charge in [-0.3, -0.25) is 10.1 Å². The van der Waals surface area contributed by atoms with Crippen LogP contribution in [0.3, 0.4) is 0 Å². The van der Waals surface area contributed by atoms with Crippen molar-refractivity contribution in [1.82, 2.24) is 20.1 Å². The molecule has 0 aliphatic heterocycles. The molecule has 1 atom stereocenters. The van der Waals surface area contributed by atoms with Crippen LogP contribution in [0.15, 0.2) is 85.5 Å². The summed E-state index contributed by atoms with van der Waals surface area (Å²) in [6.07, 6.45) is 2.99. The Kier molecular flexibility index (Phi) is 6.62. The van der Waals surface area contributed by atoms with Crippen molar-refractivity contribution in [1.29, 1.82) is 0 Å². The van der Waals surface area contributed by atoms with Gasteiger partial charge in [-0.05, 0) is 41.5 Å². The van der Waals surface area contributed by atoms with Crippen molar-refractivity contribution >= 4 is 34.8 Å². The lowest BCUT2D eigenvalue weighted by atomic mass is 9.99. The highest BCUT2D eigenvalue weighted by molar-refractivity contribution is 6.31. The molecule has 3 aromatic carbocycles. The molecule has 0 aliphatic carbocycles. The lowest BCUT2D eigenvalue weighted by molar-refractivity contribution is -0.115. The number of aromatic nitrogens is 3. The molecule has 6 nitrogen and oxygen atoms in total. The van der Waals surface area contributed by atoms with Crippen LogP contribution < -0.4 is 10.6 Å². The summed E-state index contributed by atoms with van der Waals surface area (Å²) in [7, 11) is 0. The number of hydrogen-bond donors (Lipinski definition) is 2. The molecule has 0 spiro atoms. The number of carbonyl (C=O) groups excluding carboxylic acids is 1. The zero-order valence-corrected chi connectivity index (χ0v) is 17.9. The lowest BCUT2D eigenvalue weighted by Crippen LogP contribution is -2.32. The maximum Gasteiger partial charge on any atom is 0.238 e.